The molecule has 37 heavy (non-hydrogen) atoms. The van der Waals surface area contributed by atoms with Crippen LogP contribution in [0, 0.1) is 18.8 Å². The Morgan fingerprint density at radius 1 is 1.19 bits per heavy atom. The molecule has 2 saturated heterocycles. The van der Waals surface area contributed by atoms with Crippen LogP contribution in [0.5, 0.6) is 0 Å². The van der Waals surface area contributed by atoms with Gasteiger partial charge in [-0.05, 0) is 72.6 Å². The lowest BCUT2D eigenvalue weighted by molar-refractivity contribution is -0.143. The zero-order valence-corrected chi connectivity index (χ0v) is 20.9. The van der Waals surface area contributed by atoms with Crippen molar-refractivity contribution < 1.29 is 27.8 Å². The number of hydrogen-bond donors (Lipinski definition) is 2. The Morgan fingerprint density at radius 2 is 1.97 bits per heavy atom. The molecule has 5 rings (SSSR count). The van der Waals surface area contributed by atoms with Crippen molar-refractivity contribution in [3.05, 3.63) is 41.6 Å². The monoisotopic (exact) mass is 518 g/mol. The number of aliphatic hydroxyl groups excluding tert-OH is 1. The number of benzene rings is 1. The van der Waals surface area contributed by atoms with Gasteiger partial charge < -0.3 is 25.0 Å². The molecule has 3 aliphatic rings. The number of alkyl halides is 3. The molecule has 2 amide bonds. The van der Waals surface area contributed by atoms with Crippen LogP contribution in [0.4, 0.5) is 29.5 Å². The fourth-order valence-corrected chi connectivity index (χ4v) is 5.37. The number of pyridine rings is 1. The van der Waals surface area contributed by atoms with Crippen molar-refractivity contribution in [2.24, 2.45) is 11.8 Å². The minimum Gasteiger partial charge on any atom is -0.396 e. The molecule has 7 nitrogen and oxygen atoms in total. The minimum atomic E-state index is -4.22. The van der Waals surface area contributed by atoms with Crippen molar-refractivity contribution in [1.82, 2.24) is 9.88 Å². The molecule has 2 aromatic rings. The molecule has 10 heteroatoms. The van der Waals surface area contributed by atoms with Crippen molar-refractivity contribution in [2.45, 2.75) is 38.3 Å². The highest BCUT2D eigenvalue weighted by molar-refractivity contribution is 5.90. The SMILES string of the molecule is Cc1ccc(NC(=O)N2CC[C@@H](CC(F)(F)F)C2)cc1-c1cc(C2CC2CO)nc(N2CCOCC2)c1. The molecule has 2 N–H and O–H groups in total. The second kappa shape index (κ2) is 10.5. The van der Waals surface area contributed by atoms with Crippen LogP contribution >= 0.6 is 0 Å². The Kier molecular flexibility index (Phi) is 7.31. The smallest absolute Gasteiger partial charge is 0.389 e. The summed E-state index contributed by atoms with van der Waals surface area (Å²) in [4.78, 5) is 21.4. The Hall–Kier alpha value is -2.85. The molecule has 3 atom stereocenters. The maximum Gasteiger partial charge on any atom is 0.389 e. The molecule has 3 fully saturated rings. The van der Waals surface area contributed by atoms with Gasteiger partial charge in [-0.1, -0.05) is 6.07 Å². The molecule has 1 aliphatic carbocycles. The second-order valence-corrected chi connectivity index (χ2v) is 10.4. The third-order valence-corrected chi connectivity index (χ3v) is 7.60. The van der Waals surface area contributed by atoms with Crippen LogP contribution in [-0.4, -0.2) is 73.2 Å². The number of amides is 2. The van der Waals surface area contributed by atoms with Crippen LogP contribution in [0.3, 0.4) is 0 Å². The highest BCUT2D eigenvalue weighted by Gasteiger charge is 2.39. The number of nitrogens with zero attached hydrogens (tertiary/aromatic N) is 3. The standard InChI is InChI=1S/C27H33F3N4O3/c1-17-2-3-21(31-26(36)34-5-4-18(15-34)14-27(28,29)30)13-22(17)19-11-24(23-10-20(23)16-35)32-25(12-19)33-6-8-37-9-7-33/h2-3,11-13,18,20,23,35H,4-10,14-16H2,1H3,(H,31,36)/t18-,20?,23?/m0/s1. The second-order valence-electron chi connectivity index (χ2n) is 10.4. The van der Waals surface area contributed by atoms with Gasteiger partial charge in [0.15, 0.2) is 0 Å². The summed E-state index contributed by atoms with van der Waals surface area (Å²) in [5.74, 6) is 0.778. The fraction of sp³-hybridized carbons (Fsp3) is 0.556. The van der Waals surface area contributed by atoms with E-state index in [1.807, 2.05) is 25.1 Å². The van der Waals surface area contributed by atoms with Crippen molar-refractivity contribution in [3.8, 4) is 11.1 Å². The van der Waals surface area contributed by atoms with E-state index in [9.17, 15) is 23.1 Å². The van der Waals surface area contributed by atoms with Crippen LogP contribution in [0.25, 0.3) is 11.1 Å². The Balaban J connectivity index is 1.37. The molecule has 2 unspecified atom stereocenters. The zero-order valence-electron chi connectivity index (χ0n) is 20.9. The normalized spacial score (nSPS) is 23.9. The quantitative estimate of drug-likeness (QED) is 0.575. The average molecular weight is 519 g/mol. The summed E-state index contributed by atoms with van der Waals surface area (Å²) in [5, 5.41) is 12.5. The van der Waals surface area contributed by atoms with Crippen LogP contribution in [0.15, 0.2) is 30.3 Å². The van der Waals surface area contributed by atoms with Crippen molar-refractivity contribution >= 4 is 17.5 Å². The number of urea groups is 1. The lowest BCUT2D eigenvalue weighted by Gasteiger charge is -2.28. The van der Waals surface area contributed by atoms with Gasteiger partial charge in [0.1, 0.15) is 5.82 Å². The summed E-state index contributed by atoms with van der Waals surface area (Å²) >= 11 is 0. The lowest BCUT2D eigenvalue weighted by atomic mass is 9.98. The number of carbonyl (C=O) groups excluding carboxylic acids is 1. The van der Waals surface area contributed by atoms with E-state index in [0.717, 1.165) is 47.7 Å². The predicted molar refractivity (Wildman–Crippen MR) is 135 cm³/mol. The van der Waals surface area contributed by atoms with E-state index in [1.165, 1.54) is 4.90 Å². The molecule has 3 heterocycles. The highest BCUT2D eigenvalue weighted by atomic mass is 19.4. The summed E-state index contributed by atoms with van der Waals surface area (Å²) in [5.41, 5.74) is 4.52. The largest absolute Gasteiger partial charge is 0.396 e. The third-order valence-electron chi connectivity index (χ3n) is 7.60. The van der Waals surface area contributed by atoms with E-state index in [4.69, 9.17) is 9.72 Å². The Labute approximate surface area is 214 Å². The van der Waals surface area contributed by atoms with Gasteiger partial charge in [-0.2, -0.15) is 13.2 Å². The topological polar surface area (TPSA) is 77.9 Å². The number of aromatic nitrogens is 1. The van der Waals surface area contributed by atoms with Crippen molar-refractivity contribution in [1.29, 1.82) is 0 Å². The Morgan fingerprint density at radius 3 is 2.68 bits per heavy atom. The predicted octanol–water partition coefficient (Wildman–Crippen LogP) is 4.80. The van der Waals surface area contributed by atoms with Gasteiger partial charge in [-0.25, -0.2) is 9.78 Å². The fourth-order valence-electron chi connectivity index (χ4n) is 5.37. The molecule has 200 valence electrons. The van der Waals surface area contributed by atoms with Gasteiger partial charge in [0, 0.05) is 56.5 Å². The van der Waals surface area contributed by atoms with Gasteiger partial charge in [-0.15, -0.1) is 0 Å². The van der Waals surface area contributed by atoms with Crippen molar-refractivity contribution in [2.75, 3.05) is 56.2 Å². The molecular weight excluding hydrogens is 485 g/mol. The molecule has 0 radical (unpaired) electrons. The summed E-state index contributed by atoms with van der Waals surface area (Å²) < 4.78 is 43.8. The van der Waals surface area contributed by atoms with Gasteiger partial charge in [0.2, 0.25) is 0 Å². The molecular formula is C27H33F3N4O3. The van der Waals surface area contributed by atoms with E-state index >= 15 is 0 Å². The van der Waals surface area contributed by atoms with E-state index < -0.39 is 18.5 Å². The number of halogens is 3. The van der Waals surface area contributed by atoms with E-state index in [0.29, 0.717) is 31.9 Å². The summed E-state index contributed by atoms with van der Waals surface area (Å²) in [7, 11) is 0. The number of anilines is 2. The molecule has 1 aromatic heterocycles. The highest BCUT2D eigenvalue weighted by Crippen LogP contribution is 2.47. The van der Waals surface area contributed by atoms with Crippen LogP contribution < -0.4 is 10.2 Å². The molecule has 1 saturated carbocycles. The first kappa shape index (κ1) is 25.8. The number of rotatable bonds is 6. The number of carbonyl (C=O) groups is 1. The molecule has 0 bridgehead atoms. The molecule has 1 aromatic carbocycles. The van der Waals surface area contributed by atoms with E-state index in [2.05, 4.69) is 22.3 Å². The minimum absolute atomic E-state index is 0.105. The maximum absolute atomic E-state index is 12.8. The molecule has 0 spiro atoms. The number of morpholine rings is 1. The summed E-state index contributed by atoms with van der Waals surface area (Å²) in [6.07, 6.45) is -3.81. The Bertz CT molecular complexity index is 1140. The number of nitrogens with one attached hydrogen (secondary N) is 1. The summed E-state index contributed by atoms with van der Waals surface area (Å²) in [6.45, 7) is 5.36. The molecule has 2 aliphatic heterocycles. The number of ether oxygens (including phenoxy) is 1. The number of likely N-dealkylation sites (tertiary alicyclic amines) is 1. The van der Waals surface area contributed by atoms with E-state index in [-0.39, 0.29) is 31.0 Å². The van der Waals surface area contributed by atoms with Gasteiger partial charge in [-0.3, -0.25) is 0 Å². The number of hydrogen-bond acceptors (Lipinski definition) is 5. The average Bonchev–Trinajstić information content (AvgIpc) is 3.54. The number of aliphatic hydroxyl groups is 1. The van der Waals surface area contributed by atoms with E-state index in [1.54, 1.807) is 0 Å². The van der Waals surface area contributed by atoms with Crippen LogP contribution in [-0.2, 0) is 4.74 Å². The maximum atomic E-state index is 12.8. The van der Waals surface area contributed by atoms with Crippen molar-refractivity contribution in [3.63, 3.8) is 0 Å². The van der Waals surface area contributed by atoms with Crippen LogP contribution in [0.2, 0.25) is 0 Å². The van der Waals surface area contributed by atoms with Gasteiger partial charge in [0.25, 0.3) is 0 Å². The summed E-state index contributed by atoms with van der Waals surface area (Å²) in [6, 6.07) is 9.40. The first-order valence-electron chi connectivity index (χ1n) is 12.9. The van der Waals surface area contributed by atoms with Crippen LogP contribution in [0.1, 0.15) is 36.4 Å². The first-order chi connectivity index (χ1) is 17.7. The lowest BCUT2D eigenvalue weighted by Crippen LogP contribution is -2.36. The van der Waals surface area contributed by atoms with Gasteiger partial charge >= 0.3 is 12.2 Å². The first-order valence-corrected chi connectivity index (χ1v) is 12.9. The van der Waals surface area contributed by atoms with Gasteiger partial charge in [0.05, 0.1) is 13.2 Å². The third kappa shape index (κ3) is 6.18. The zero-order chi connectivity index (χ0) is 26.2. The number of aryl methyl sites for hydroxylation is 1.